The lowest BCUT2D eigenvalue weighted by Gasteiger charge is -2.44. The standard InChI is InChI=1S/C28H24F8N2O4S/c1-15(37-24(39)23-11-13-42-38-23)20-10-12-25(43(40,41)19-6-4-18(29)5-7-19)21-9-3-17(14-16(21)2-8-22(20)25)26(30,27(31,32)33)28(34,35)36/h3-7,9,11,13-15,20,22H,2,8,10,12H2,1H3,(H,37,39)/t15?,20-,22-,25+/m0/s1. The molecule has 1 fully saturated rings. The number of benzene rings is 2. The number of fused-ring (bicyclic) bond motifs is 3. The van der Waals surface area contributed by atoms with E-state index in [1.165, 1.54) is 12.3 Å². The highest BCUT2D eigenvalue weighted by molar-refractivity contribution is 7.92. The quantitative estimate of drug-likeness (QED) is 0.245. The number of nitrogens with zero attached hydrogens (tertiary/aromatic N) is 1. The smallest absolute Gasteiger partial charge is 0.364 e. The molecule has 1 aromatic heterocycles. The van der Waals surface area contributed by atoms with Crippen LogP contribution in [-0.2, 0) is 26.7 Å². The van der Waals surface area contributed by atoms with Crippen molar-refractivity contribution in [3.05, 3.63) is 83.0 Å². The number of carbonyl (C=O) groups is 1. The molecule has 0 bridgehead atoms. The molecule has 1 amide bonds. The average Bonchev–Trinajstić information content (AvgIpc) is 3.61. The van der Waals surface area contributed by atoms with Gasteiger partial charge in [0.1, 0.15) is 16.8 Å². The Morgan fingerprint density at radius 1 is 1.00 bits per heavy atom. The Hall–Kier alpha value is -3.49. The number of aromatic nitrogens is 1. The van der Waals surface area contributed by atoms with Crippen LogP contribution in [0, 0.1) is 17.7 Å². The summed E-state index contributed by atoms with van der Waals surface area (Å²) in [6.45, 7) is 1.64. The normalized spacial score (nSPS) is 23.4. The summed E-state index contributed by atoms with van der Waals surface area (Å²) in [5.41, 5.74) is -7.65. The average molecular weight is 637 g/mol. The molecule has 1 heterocycles. The largest absolute Gasteiger partial charge is 0.435 e. The molecule has 4 atom stereocenters. The molecule has 0 radical (unpaired) electrons. The van der Waals surface area contributed by atoms with Gasteiger partial charge in [0.15, 0.2) is 15.5 Å². The molecular formula is C28H24F8N2O4S. The third-order valence-electron chi connectivity index (χ3n) is 8.70. The lowest BCUT2D eigenvalue weighted by Crippen LogP contribution is -2.51. The van der Waals surface area contributed by atoms with Gasteiger partial charge in [0.05, 0.1) is 4.90 Å². The van der Waals surface area contributed by atoms with Gasteiger partial charge in [0, 0.05) is 17.7 Å². The minimum absolute atomic E-state index is 0.0109. The summed E-state index contributed by atoms with van der Waals surface area (Å²) < 4.78 is 141. The molecule has 43 heavy (non-hydrogen) atoms. The van der Waals surface area contributed by atoms with E-state index < -0.39 is 67.8 Å². The highest BCUT2D eigenvalue weighted by atomic mass is 32.2. The zero-order valence-electron chi connectivity index (χ0n) is 22.3. The fraction of sp³-hybridized carbons (Fsp3) is 0.429. The van der Waals surface area contributed by atoms with E-state index in [0.717, 1.165) is 30.3 Å². The maximum Gasteiger partial charge on any atom is 0.435 e. The third-order valence-corrected chi connectivity index (χ3v) is 11.3. The van der Waals surface area contributed by atoms with E-state index in [2.05, 4.69) is 15.0 Å². The van der Waals surface area contributed by atoms with Crippen molar-refractivity contribution in [2.24, 2.45) is 11.8 Å². The van der Waals surface area contributed by atoms with Crippen molar-refractivity contribution in [1.29, 1.82) is 0 Å². The summed E-state index contributed by atoms with van der Waals surface area (Å²) in [5, 5.41) is 6.32. The lowest BCUT2D eigenvalue weighted by molar-refractivity contribution is -0.348. The van der Waals surface area contributed by atoms with Gasteiger partial charge in [0.25, 0.3) is 5.91 Å². The second-order valence-electron chi connectivity index (χ2n) is 10.9. The first-order valence-electron chi connectivity index (χ1n) is 13.1. The first-order valence-corrected chi connectivity index (χ1v) is 14.6. The zero-order chi connectivity index (χ0) is 31.6. The highest BCUT2D eigenvalue weighted by Crippen LogP contribution is 2.61. The topological polar surface area (TPSA) is 89.3 Å². The molecule has 1 N–H and O–H groups in total. The molecule has 2 aliphatic carbocycles. The van der Waals surface area contributed by atoms with Crippen LogP contribution in [0.15, 0.2) is 64.2 Å². The third kappa shape index (κ3) is 4.70. The summed E-state index contributed by atoms with van der Waals surface area (Å²) >= 11 is 0. The predicted molar refractivity (Wildman–Crippen MR) is 135 cm³/mol. The molecule has 1 saturated carbocycles. The molecule has 5 rings (SSSR count). The predicted octanol–water partition coefficient (Wildman–Crippen LogP) is 6.56. The Kier molecular flexibility index (Phi) is 7.42. The molecule has 6 nitrogen and oxygen atoms in total. The summed E-state index contributed by atoms with van der Waals surface area (Å²) in [6.07, 6.45) is -11.6. The zero-order valence-corrected chi connectivity index (χ0v) is 23.1. The molecule has 0 saturated heterocycles. The van der Waals surface area contributed by atoms with Gasteiger partial charge in [-0.3, -0.25) is 4.79 Å². The Labute approximate surface area is 240 Å². The SMILES string of the molecule is CC(NC(=O)c1ccon1)[C@@H]1CC[C@@]2(S(=O)(=O)c3ccc(F)cc3)c3ccc(C(F)(C(F)(F)F)C(F)(F)F)cc3CC[C@@H]12. The minimum atomic E-state index is -6.34. The second kappa shape index (κ2) is 10.3. The molecule has 232 valence electrons. The van der Waals surface area contributed by atoms with Crippen molar-refractivity contribution in [2.75, 3.05) is 0 Å². The Balaban J connectivity index is 1.64. The van der Waals surface area contributed by atoms with Crippen LogP contribution in [0.5, 0.6) is 0 Å². The van der Waals surface area contributed by atoms with Crippen molar-refractivity contribution in [3.8, 4) is 0 Å². The van der Waals surface area contributed by atoms with E-state index in [1.54, 1.807) is 6.92 Å². The van der Waals surface area contributed by atoms with Gasteiger partial charge in [-0.1, -0.05) is 23.4 Å². The van der Waals surface area contributed by atoms with E-state index in [1.807, 2.05) is 0 Å². The fourth-order valence-electron chi connectivity index (χ4n) is 6.74. The van der Waals surface area contributed by atoms with E-state index in [9.17, 15) is 48.3 Å². The summed E-state index contributed by atoms with van der Waals surface area (Å²) in [6, 6.07) is 6.17. The summed E-state index contributed by atoms with van der Waals surface area (Å²) in [4.78, 5) is 12.3. The van der Waals surface area contributed by atoms with Gasteiger partial charge in [-0.15, -0.1) is 0 Å². The molecule has 3 aromatic rings. The summed E-state index contributed by atoms with van der Waals surface area (Å²) in [7, 11) is -4.48. The monoisotopic (exact) mass is 636 g/mol. The first kappa shape index (κ1) is 31.0. The number of rotatable bonds is 6. The van der Waals surface area contributed by atoms with Crippen LogP contribution < -0.4 is 5.32 Å². The van der Waals surface area contributed by atoms with Gasteiger partial charge in [0.2, 0.25) is 0 Å². The van der Waals surface area contributed by atoms with Crippen LogP contribution in [0.3, 0.4) is 0 Å². The van der Waals surface area contributed by atoms with E-state index in [4.69, 9.17) is 0 Å². The number of amides is 1. The molecule has 15 heteroatoms. The highest BCUT2D eigenvalue weighted by Gasteiger charge is 2.73. The number of nitrogens with one attached hydrogen (secondary N) is 1. The van der Waals surface area contributed by atoms with Crippen LogP contribution in [0.1, 0.15) is 53.4 Å². The number of carbonyl (C=O) groups excluding carboxylic acids is 1. The van der Waals surface area contributed by atoms with Crippen LogP contribution >= 0.6 is 0 Å². The van der Waals surface area contributed by atoms with Crippen molar-refractivity contribution < 1.29 is 52.9 Å². The fourth-order valence-corrected chi connectivity index (χ4v) is 9.22. The molecule has 0 aliphatic heterocycles. The minimum Gasteiger partial charge on any atom is -0.364 e. The van der Waals surface area contributed by atoms with Crippen LogP contribution in [0.2, 0.25) is 0 Å². The van der Waals surface area contributed by atoms with Crippen molar-refractivity contribution in [2.45, 2.75) is 66.3 Å². The first-order chi connectivity index (χ1) is 19.9. The van der Waals surface area contributed by atoms with Gasteiger partial charge < -0.3 is 9.84 Å². The number of alkyl halides is 7. The maximum absolute atomic E-state index is 15.0. The van der Waals surface area contributed by atoms with Gasteiger partial charge in [-0.2, -0.15) is 26.3 Å². The number of halogens is 8. The van der Waals surface area contributed by atoms with Crippen molar-refractivity contribution in [1.82, 2.24) is 10.5 Å². The van der Waals surface area contributed by atoms with Crippen LogP contribution in [-0.4, -0.2) is 37.9 Å². The summed E-state index contributed by atoms with van der Waals surface area (Å²) in [5.74, 6) is -2.60. The number of sulfone groups is 1. The van der Waals surface area contributed by atoms with Crippen LogP contribution in [0.25, 0.3) is 0 Å². The van der Waals surface area contributed by atoms with Gasteiger partial charge in [-0.25, -0.2) is 17.2 Å². The maximum atomic E-state index is 15.0. The van der Waals surface area contributed by atoms with Crippen molar-refractivity contribution in [3.63, 3.8) is 0 Å². The van der Waals surface area contributed by atoms with Crippen molar-refractivity contribution >= 4 is 15.7 Å². The Morgan fingerprint density at radius 2 is 1.65 bits per heavy atom. The second-order valence-corrected chi connectivity index (χ2v) is 13.1. The molecule has 1 unspecified atom stereocenters. The van der Waals surface area contributed by atoms with Crippen LogP contribution in [0.4, 0.5) is 35.1 Å². The number of hydrogen-bond donors (Lipinski definition) is 1. The van der Waals surface area contributed by atoms with Gasteiger partial charge in [-0.05, 0) is 79.8 Å². The van der Waals surface area contributed by atoms with E-state index >= 15 is 0 Å². The Morgan fingerprint density at radius 3 is 2.23 bits per heavy atom. The molecule has 0 spiro atoms. The lowest BCUT2D eigenvalue weighted by atomic mass is 9.71. The molecule has 2 aliphatic rings. The number of aryl methyl sites for hydroxylation is 1. The van der Waals surface area contributed by atoms with E-state index in [-0.39, 0.29) is 47.4 Å². The van der Waals surface area contributed by atoms with Gasteiger partial charge >= 0.3 is 18.0 Å². The Bertz CT molecular complexity index is 1610. The molecule has 2 aromatic carbocycles. The molecular weight excluding hydrogens is 612 g/mol. The number of hydrogen-bond acceptors (Lipinski definition) is 5. The van der Waals surface area contributed by atoms with E-state index in [0.29, 0.717) is 12.1 Å².